The molecule has 2 aromatic heterocycles. The van der Waals surface area contributed by atoms with E-state index in [1.165, 1.54) is 6.07 Å². The quantitative estimate of drug-likeness (QED) is 0.711. The molecule has 0 saturated heterocycles. The summed E-state index contributed by atoms with van der Waals surface area (Å²) >= 11 is 1.62. The van der Waals surface area contributed by atoms with Gasteiger partial charge in [-0.1, -0.05) is 6.07 Å². The Morgan fingerprint density at radius 1 is 1.25 bits per heavy atom. The lowest BCUT2D eigenvalue weighted by Gasteiger charge is -1.94. The number of pyridine rings is 1. The van der Waals surface area contributed by atoms with Crippen molar-refractivity contribution in [2.45, 2.75) is 0 Å². The van der Waals surface area contributed by atoms with Crippen molar-refractivity contribution in [1.29, 1.82) is 0 Å². The SMILES string of the molecule is O=c1cccc(-c2ccsc2)[nH]1. The molecule has 60 valence electrons. The zero-order valence-electron chi connectivity index (χ0n) is 6.28. The van der Waals surface area contributed by atoms with E-state index in [0.717, 1.165) is 11.3 Å². The molecule has 0 spiro atoms. The molecule has 3 heteroatoms. The van der Waals surface area contributed by atoms with Gasteiger partial charge in [-0.2, -0.15) is 11.3 Å². The third-order valence-electron chi connectivity index (χ3n) is 1.60. The van der Waals surface area contributed by atoms with E-state index in [0.29, 0.717) is 0 Å². The molecule has 2 aromatic rings. The van der Waals surface area contributed by atoms with Crippen molar-refractivity contribution in [3.63, 3.8) is 0 Å². The second-order valence-corrected chi connectivity index (χ2v) is 3.22. The normalized spacial score (nSPS) is 10.0. The minimum absolute atomic E-state index is 0.0568. The highest BCUT2D eigenvalue weighted by atomic mass is 32.1. The van der Waals surface area contributed by atoms with E-state index in [1.54, 1.807) is 17.4 Å². The standard InChI is InChI=1S/C9H7NOS/c11-9-3-1-2-8(10-9)7-4-5-12-6-7/h1-6H,(H,10,11). The summed E-state index contributed by atoms with van der Waals surface area (Å²) in [6.45, 7) is 0. The van der Waals surface area contributed by atoms with Crippen molar-refractivity contribution in [3.8, 4) is 11.3 Å². The van der Waals surface area contributed by atoms with Crippen LogP contribution in [0.15, 0.2) is 39.8 Å². The lowest BCUT2D eigenvalue weighted by Crippen LogP contribution is -2.02. The fourth-order valence-electron chi connectivity index (χ4n) is 1.03. The summed E-state index contributed by atoms with van der Waals surface area (Å²) in [5.74, 6) is 0. The van der Waals surface area contributed by atoms with Crippen LogP contribution >= 0.6 is 11.3 Å². The van der Waals surface area contributed by atoms with E-state index in [2.05, 4.69) is 4.98 Å². The summed E-state index contributed by atoms with van der Waals surface area (Å²) in [6, 6.07) is 7.14. The van der Waals surface area contributed by atoms with Crippen LogP contribution in [0.1, 0.15) is 0 Å². The predicted octanol–water partition coefficient (Wildman–Crippen LogP) is 2.10. The molecule has 0 bridgehead atoms. The van der Waals surface area contributed by atoms with Crippen LogP contribution in [0.3, 0.4) is 0 Å². The molecule has 2 nitrogen and oxygen atoms in total. The van der Waals surface area contributed by atoms with Crippen LogP contribution in [0.25, 0.3) is 11.3 Å². The molecule has 0 aliphatic carbocycles. The van der Waals surface area contributed by atoms with E-state index < -0.39 is 0 Å². The van der Waals surface area contributed by atoms with Crippen LogP contribution in [0.4, 0.5) is 0 Å². The van der Waals surface area contributed by atoms with Gasteiger partial charge in [0, 0.05) is 22.7 Å². The maximum atomic E-state index is 10.9. The van der Waals surface area contributed by atoms with Crippen molar-refractivity contribution < 1.29 is 0 Å². The van der Waals surface area contributed by atoms with Crippen LogP contribution < -0.4 is 5.56 Å². The molecular formula is C9H7NOS. The molecular weight excluding hydrogens is 170 g/mol. The van der Waals surface area contributed by atoms with E-state index in [-0.39, 0.29) is 5.56 Å². The van der Waals surface area contributed by atoms with Gasteiger partial charge in [-0.3, -0.25) is 4.79 Å². The van der Waals surface area contributed by atoms with E-state index in [1.807, 2.05) is 22.9 Å². The summed E-state index contributed by atoms with van der Waals surface area (Å²) in [4.78, 5) is 13.7. The maximum Gasteiger partial charge on any atom is 0.248 e. The predicted molar refractivity (Wildman–Crippen MR) is 50.4 cm³/mol. The first kappa shape index (κ1) is 7.31. The number of aromatic nitrogens is 1. The van der Waals surface area contributed by atoms with Gasteiger partial charge in [-0.25, -0.2) is 0 Å². The highest BCUT2D eigenvalue weighted by molar-refractivity contribution is 7.08. The second-order valence-electron chi connectivity index (χ2n) is 2.44. The van der Waals surface area contributed by atoms with Crippen molar-refractivity contribution in [3.05, 3.63) is 45.4 Å². The van der Waals surface area contributed by atoms with Gasteiger partial charge in [0.1, 0.15) is 0 Å². The Labute approximate surface area is 73.5 Å². The number of hydrogen-bond donors (Lipinski definition) is 1. The first-order valence-corrected chi connectivity index (χ1v) is 4.52. The van der Waals surface area contributed by atoms with Crippen LogP contribution in [-0.4, -0.2) is 4.98 Å². The van der Waals surface area contributed by atoms with Crippen molar-refractivity contribution in [2.24, 2.45) is 0 Å². The van der Waals surface area contributed by atoms with Gasteiger partial charge in [0.25, 0.3) is 0 Å². The zero-order valence-corrected chi connectivity index (χ0v) is 7.10. The Kier molecular flexibility index (Phi) is 1.80. The van der Waals surface area contributed by atoms with E-state index in [9.17, 15) is 4.79 Å². The topological polar surface area (TPSA) is 32.9 Å². The minimum Gasteiger partial charge on any atom is -0.322 e. The number of hydrogen-bond acceptors (Lipinski definition) is 2. The molecule has 0 amide bonds. The first-order valence-electron chi connectivity index (χ1n) is 3.58. The number of rotatable bonds is 1. The molecule has 1 N–H and O–H groups in total. The molecule has 0 atom stereocenters. The van der Waals surface area contributed by atoms with Gasteiger partial charge in [0.05, 0.1) is 0 Å². The Morgan fingerprint density at radius 2 is 2.17 bits per heavy atom. The Bertz CT molecular complexity index is 416. The highest BCUT2D eigenvalue weighted by Crippen LogP contribution is 2.17. The first-order chi connectivity index (χ1) is 5.86. The van der Waals surface area contributed by atoms with Gasteiger partial charge < -0.3 is 4.98 Å². The zero-order chi connectivity index (χ0) is 8.39. The van der Waals surface area contributed by atoms with Crippen molar-refractivity contribution >= 4 is 11.3 Å². The van der Waals surface area contributed by atoms with Gasteiger partial charge in [-0.15, -0.1) is 0 Å². The van der Waals surface area contributed by atoms with Crippen LogP contribution in [0.5, 0.6) is 0 Å². The summed E-state index contributed by atoms with van der Waals surface area (Å²) in [6.07, 6.45) is 0. The molecule has 0 aliphatic rings. The fraction of sp³-hybridized carbons (Fsp3) is 0. The molecule has 0 saturated carbocycles. The summed E-state index contributed by atoms with van der Waals surface area (Å²) < 4.78 is 0. The third-order valence-corrected chi connectivity index (χ3v) is 2.28. The molecule has 2 rings (SSSR count). The van der Waals surface area contributed by atoms with E-state index in [4.69, 9.17) is 0 Å². The molecule has 2 heterocycles. The average molecular weight is 177 g/mol. The van der Waals surface area contributed by atoms with Crippen molar-refractivity contribution in [1.82, 2.24) is 4.98 Å². The monoisotopic (exact) mass is 177 g/mol. The molecule has 0 fully saturated rings. The number of H-pyrrole nitrogens is 1. The molecule has 0 aromatic carbocycles. The number of aromatic amines is 1. The Hall–Kier alpha value is -1.35. The fourth-order valence-corrected chi connectivity index (χ4v) is 1.69. The van der Waals surface area contributed by atoms with Gasteiger partial charge in [-0.05, 0) is 17.5 Å². The maximum absolute atomic E-state index is 10.9. The van der Waals surface area contributed by atoms with Crippen molar-refractivity contribution in [2.75, 3.05) is 0 Å². The minimum atomic E-state index is -0.0568. The lowest BCUT2D eigenvalue weighted by atomic mass is 10.2. The van der Waals surface area contributed by atoms with Crippen LogP contribution in [0.2, 0.25) is 0 Å². The smallest absolute Gasteiger partial charge is 0.248 e. The van der Waals surface area contributed by atoms with E-state index >= 15 is 0 Å². The largest absolute Gasteiger partial charge is 0.322 e. The lowest BCUT2D eigenvalue weighted by molar-refractivity contribution is 1.25. The summed E-state index contributed by atoms with van der Waals surface area (Å²) in [5, 5.41) is 3.99. The Morgan fingerprint density at radius 3 is 2.83 bits per heavy atom. The van der Waals surface area contributed by atoms with Crippen LogP contribution in [0, 0.1) is 0 Å². The van der Waals surface area contributed by atoms with Gasteiger partial charge >= 0.3 is 0 Å². The van der Waals surface area contributed by atoms with Gasteiger partial charge in [0.15, 0.2) is 0 Å². The Balaban J connectivity index is 2.55. The van der Waals surface area contributed by atoms with Crippen LogP contribution in [-0.2, 0) is 0 Å². The number of thiophene rings is 1. The molecule has 0 radical (unpaired) electrons. The second kappa shape index (κ2) is 2.95. The molecule has 0 aliphatic heterocycles. The summed E-state index contributed by atoms with van der Waals surface area (Å²) in [7, 11) is 0. The molecule has 0 unspecified atom stereocenters. The number of nitrogens with one attached hydrogen (secondary N) is 1. The highest BCUT2D eigenvalue weighted by Gasteiger charge is 1.96. The third kappa shape index (κ3) is 1.31. The summed E-state index contributed by atoms with van der Waals surface area (Å²) in [5.41, 5.74) is 1.89. The average Bonchev–Trinajstić information content (AvgIpc) is 2.56. The molecule has 12 heavy (non-hydrogen) atoms. The van der Waals surface area contributed by atoms with Gasteiger partial charge in [0.2, 0.25) is 5.56 Å².